The van der Waals surface area contributed by atoms with Crippen LogP contribution >= 0.6 is 0 Å². The molecule has 3 heteroatoms. The molecule has 0 aromatic heterocycles. The second kappa shape index (κ2) is 5.73. The van der Waals surface area contributed by atoms with Gasteiger partial charge in [0.05, 0.1) is 7.11 Å². The molecule has 0 spiro atoms. The van der Waals surface area contributed by atoms with Crippen molar-refractivity contribution in [2.24, 2.45) is 5.41 Å². The predicted molar refractivity (Wildman–Crippen MR) is 91.9 cm³/mol. The van der Waals surface area contributed by atoms with Crippen LogP contribution in [-0.2, 0) is 0 Å². The molecule has 0 bridgehead atoms. The highest BCUT2D eigenvalue weighted by atomic mass is 16.5. The average molecular weight is 309 g/mol. The zero-order valence-electron chi connectivity index (χ0n) is 14.1. The number of aryl methyl sites for hydroxylation is 1. The Morgan fingerprint density at radius 3 is 2.22 bits per heavy atom. The van der Waals surface area contributed by atoms with Gasteiger partial charge in [0.2, 0.25) is 0 Å². The number of carbonyl (C=O) groups is 1. The van der Waals surface area contributed by atoms with Crippen molar-refractivity contribution in [3.05, 3.63) is 65.2 Å². The summed E-state index contributed by atoms with van der Waals surface area (Å²) >= 11 is 0. The van der Waals surface area contributed by atoms with Crippen LogP contribution in [0.5, 0.6) is 5.75 Å². The first-order valence-electron chi connectivity index (χ1n) is 7.95. The molecule has 2 aromatic carbocycles. The van der Waals surface area contributed by atoms with Crippen molar-refractivity contribution >= 4 is 5.91 Å². The molecule has 1 N–H and O–H groups in total. The van der Waals surface area contributed by atoms with Gasteiger partial charge in [0, 0.05) is 17.5 Å². The second-order valence-electron chi connectivity index (χ2n) is 6.89. The number of amides is 1. The summed E-state index contributed by atoms with van der Waals surface area (Å²) < 4.78 is 5.13. The first kappa shape index (κ1) is 15.6. The van der Waals surface area contributed by atoms with Crippen LogP contribution in [0.4, 0.5) is 0 Å². The van der Waals surface area contributed by atoms with Gasteiger partial charge >= 0.3 is 0 Å². The molecule has 1 saturated carbocycles. The summed E-state index contributed by atoms with van der Waals surface area (Å²) in [6.45, 7) is 6.50. The molecular formula is C20H23NO2. The third kappa shape index (κ3) is 2.96. The van der Waals surface area contributed by atoms with Crippen LogP contribution in [0.3, 0.4) is 0 Å². The number of methoxy groups -OCH3 is 1. The predicted octanol–water partition coefficient (Wildman–Crippen LogP) is 3.93. The summed E-state index contributed by atoms with van der Waals surface area (Å²) in [6, 6.07) is 16.0. The molecule has 1 aliphatic rings. The normalized spacial score (nSPS) is 21.6. The highest BCUT2D eigenvalue weighted by molar-refractivity contribution is 5.95. The Morgan fingerprint density at radius 2 is 1.65 bits per heavy atom. The lowest BCUT2D eigenvalue weighted by atomic mass is 10.0. The van der Waals surface area contributed by atoms with E-state index in [4.69, 9.17) is 4.74 Å². The summed E-state index contributed by atoms with van der Waals surface area (Å²) in [5, 5.41) is 3.18. The molecule has 0 heterocycles. The number of benzene rings is 2. The SMILES string of the molecule is COc1ccc(C(=O)N[C@@H]2[C@@H](c3ccc(C)cc3)C2(C)C)cc1. The van der Waals surface area contributed by atoms with Crippen molar-refractivity contribution in [1.82, 2.24) is 5.32 Å². The number of ether oxygens (including phenoxy) is 1. The van der Waals surface area contributed by atoms with Crippen molar-refractivity contribution in [2.45, 2.75) is 32.7 Å². The van der Waals surface area contributed by atoms with E-state index in [0.717, 1.165) is 5.75 Å². The van der Waals surface area contributed by atoms with Gasteiger partial charge in [0.1, 0.15) is 5.75 Å². The lowest BCUT2D eigenvalue weighted by Crippen LogP contribution is -2.28. The maximum atomic E-state index is 12.5. The van der Waals surface area contributed by atoms with Crippen molar-refractivity contribution < 1.29 is 9.53 Å². The zero-order valence-corrected chi connectivity index (χ0v) is 14.1. The van der Waals surface area contributed by atoms with E-state index in [1.165, 1.54) is 11.1 Å². The lowest BCUT2D eigenvalue weighted by molar-refractivity contribution is 0.0946. The molecule has 0 radical (unpaired) electrons. The van der Waals surface area contributed by atoms with Gasteiger partial charge in [-0.25, -0.2) is 0 Å². The van der Waals surface area contributed by atoms with Crippen LogP contribution in [0.15, 0.2) is 48.5 Å². The maximum Gasteiger partial charge on any atom is 0.251 e. The van der Waals surface area contributed by atoms with Gasteiger partial charge in [-0.1, -0.05) is 43.7 Å². The van der Waals surface area contributed by atoms with Gasteiger partial charge in [-0.15, -0.1) is 0 Å². The van der Waals surface area contributed by atoms with E-state index in [1.807, 2.05) is 12.1 Å². The van der Waals surface area contributed by atoms with Crippen LogP contribution < -0.4 is 10.1 Å². The monoisotopic (exact) mass is 309 g/mol. The van der Waals surface area contributed by atoms with E-state index in [9.17, 15) is 4.79 Å². The minimum absolute atomic E-state index is 0.0275. The minimum atomic E-state index is -0.0275. The van der Waals surface area contributed by atoms with Crippen molar-refractivity contribution in [2.75, 3.05) is 7.11 Å². The van der Waals surface area contributed by atoms with Gasteiger partial charge in [0.15, 0.2) is 0 Å². The molecule has 0 unspecified atom stereocenters. The summed E-state index contributed by atoms with van der Waals surface area (Å²) in [5.74, 6) is 1.09. The van der Waals surface area contributed by atoms with Crippen molar-refractivity contribution in [1.29, 1.82) is 0 Å². The number of carbonyl (C=O) groups excluding carboxylic acids is 1. The average Bonchev–Trinajstić information content (AvgIpc) is 3.08. The molecule has 0 aliphatic heterocycles. The Morgan fingerprint density at radius 1 is 1.04 bits per heavy atom. The van der Waals surface area contributed by atoms with E-state index in [2.05, 4.69) is 50.4 Å². The molecule has 120 valence electrons. The topological polar surface area (TPSA) is 38.3 Å². The van der Waals surface area contributed by atoms with E-state index >= 15 is 0 Å². The van der Waals surface area contributed by atoms with Gasteiger partial charge in [-0.05, 0) is 42.2 Å². The lowest BCUT2D eigenvalue weighted by Gasteiger charge is -2.07. The molecule has 3 rings (SSSR count). The number of hydrogen-bond acceptors (Lipinski definition) is 2. The summed E-state index contributed by atoms with van der Waals surface area (Å²) in [5.41, 5.74) is 3.29. The summed E-state index contributed by atoms with van der Waals surface area (Å²) in [6.07, 6.45) is 0. The van der Waals surface area contributed by atoms with Crippen molar-refractivity contribution in [3.8, 4) is 5.75 Å². The minimum Gasteiger partial charge on any atom is -0.497 e. The van der Waals surface area contributed by atoms with Crippen molar-refractivity contribution in [3.63, 3.8) is 0 Å². The Bertz CT molecular complexity index is 701. The fourth-order valence-electron chi connectivity index (χ4n) is 3.27. The molecule has 3 nitrogen and oxygen atoms in total. The molecule has 1 aliphatic carbocycles. The molecule has 1 fully saturated rings. The van der Waals surface area contributed by atoms with Gasteiger partial charge in [0.25, 0.3) is 5.91 Å². The second-order valence-corrected chi connectivity index (χ2v) is 6.89. The fourth-order valence-corrected chi connectivity index (χ4v) is 3.27. The van der Waals surface area contributed by atoms with E-state index in [-0.39, 0.29) is 17.4 Å². The Labute approximate surface area is 137 Å². The van der Waals surface area contributed by atoms with Crippen LogP contribution in [-0.4, -0.2) is 19.1 Å². The van der Waals surface area contributed by atoms with E-state index < -0.39 is 0 Å². The largest absolute Gasteiger partial charge is 0.497 e. The molecule has 23 heavy (non-hydrogen) atoms. The zero-order chi connectivity index (χ0) is 16.6. The Balaban J connectivity index is 1.72. The highest BCUT2D eigenvalue weighted by Crippen LogP contribution is 2.58. The standard InChI is InChI=1S/C20H23NO2/c1-13-5-7-14(8-6-13)17-18(20(17,2)3)21-19(22)15-9-11-16(23-4)12-10-15/h5-12,17-18H,1-4H3,(H,21,22)/t17-,18-/m1/s1. The third-order valence-corrected chi connectivity index (χ3v) is 4.90. The van der Waals surface area contributed by atoms with E-state index in [0.29, 0.717) is 11.5 Å². The van der Waals surface area contributed by atoms with Crippen LogP contribution in [0, 0.1) is 12.3 Å². The molecule has 0 saturated heterocycles. The number of nitrogens with one attached hydrogen (secondary N) is 1. The summed E-state index contributed by atoms with van der Waals surface area (Å²) in [4.78, 5) is 12.5. The molecule has 2 aromatic rings. The first-order valence-corrected chi connectivity index (χ1v) is 7.95. The Kier molecular flexibility index (Phi) is 3.88. The smallest absolute Gasteiger partial charge is 0.251 e. The fraction of sp³-hybridized carbons (Fsp3) is 0.350. The van der Waals surface area contributed by atoms with Gasteiger partial charge in [-0.2, -0.15) is 0 Å². The first-order chi connectivity index (χ1) is 10.9. The van der Waals surface area contributed by atoms with Crippen LogP contribution in [0.1, 0.15) is 41.3 Å². The molecular weight excluding hydrogens is 286 g/mol. The van der Waals surface area contributed by atoms with Crippen LogP contribution in [0.25, 0.3) is 0 Å². The van der Waals surface area contributed by atoms with Gasteiger partial charge < -0.3 is 10.1 Å². The maximum absolute atomic E-state index is 12.5. The number of hydrogen-bond donors (Lipinski definition) is 1. The van der Waals surface area contributed by atoms with Gasteiger partial charge in [-0.3, -0.25) is 4.79 Å². The molecule has 2 atom stereocenters. The van der Waals surface area contributed by atoms with E-state index in [1.54, 1.807) is 19.2 Å². The summed E-state index contributed by atoms with van der Waals surface area (Å²) in [7, 11) is 1.62. The number of rotatable bonds is 4. The Hall–Kier alpha value is -2.29. The highest BCUT2D eigenvalue weighted by Gasteiger charge is 2.59. The molecule has 1 amide bonds. The van der Waals surface area contributed by atoms with Crippen LogP contribution in [0.2, 0.25) is 0 Å². The quantitative estimate of drug-likeness (QED) is 0.929. The third-order valence-electron chi connectivity index (χ3n) is 4.90.